The van der Waals surface area contributed by atoms with Gasteiger partial charge in [0.2, 0.25) is 5.95 Å². The third kappa shape index (κ3) is 6.80. The zero-order valence-electron chi connectivity index (χ0n) is 26.7. The fraction of sp³-hybridized carbons (Fsp3) is 0.441. The van der Waals surface area contributed by atoms with Crippen LogP contribution in [0.1, 0.15) is 43.2 Å². The highest BCUT2D eigenvalue weighted by Crippen LogP contribution is 2.43. The number of hydrogen-bond acceptors (Lipinski definition) is 8. The van der Waals surface area contributed by atoms with E-state index in [-0.39, 0.29) is 35.3 Å². The number of nitrogens with zero attached hydrogens (tertiary/aromatic N) is 7. The zero-order chi connectivity index (χ0) is 33.3. The molecule has 0 radical (unpaired) electrons. The normalized spacial score (nSPS) is 20.4. The van der Waals surface area contributed by atoms with Gasteiger partial charge in [0.25, 0.3) is 0 Å². The van der Waals surface area contributed by atoms with Crippen molar-refractivity contribution in [3.63, 3.8) is 0 Å². The fourth-order valence-electron chi connectivity index (χ4n) is 6.87. The Morgan fingerprint density at radius 1 is 1.02 bits per heavy atom. The molecule has 4 aromatic rings. The van der Waals surface area contributed by atoms with Crippen molar-refractivity contribution in [3.8, 4) is 11.1 Å². The van der Waals surface area contributed by atoms with Crippen molar-refractivity contribution < 1.29 is 22.7 Å². The van der Waals surface area contributed by atoms with Crippen molar-refractivity contribution in [2.24, 2.45) is 12.5 Å². The Bertz CT molecular complexity index is 1720. The molecule has 7 rings (SSSR count). The molecule has 1 spiro atoms. The Morgan fingerprint density at radius 3 is 2.44 bits per heavy atom. The molecule has 2 saturated heterocycles. The topological polar surface area (TPSA) is 113 Å². The van der Waals surface area contributed by atoms with Crippen LogP contribution in [0.3, 0.4) is 0 Å². The van der Waals surface area contributed by atoms with E-state index in [1.54, 1.807) is 26.9 Å². The van der Waals surface area contributed by atoms with E-state index in [4.69, 9.17) is 4.74 Å². The van der Waals surface area contributed by atoms with E-state index in [1.807, 2.05) is 55.7 Å². The lowest BCUT2D eigenvalue weighted by molar-refractivity contribution is -0.137. The summed E-state index contributed by atoms with van der Waals surface area (Å²) in [5.74, 6) is 0.637. The lowest BCUT2D eigenvalue weighted by atomic mass is 9.85. The Morgan fingerprint density at radius 2 is 1.81 bits per heavy atom. The smallest absolute Gasteiger partial charge is 0.380 e. The van der Waals surface area contributed by atoms with E-state index in [9.17, 15) is 18.0 Å². The summed E-state index contributed by atoms with van der Waals surface area (Å²) in [7, 11) is 1.85. The van der Waals surface area contributed by atoms with Gasteiger partial charge in [-0.15, -0.1) is 0 Å². The van der Waals surface area contributed by atoms with Gasteiger partial charge < -0.3 is 20.3 Å². The summed E-state index contributed by atoms with van der Waals surface area (Å²) in [4.78, 5) is 30.3. The number of carbonyl (C=O) groups is 1. The third-order valence-corrected chi connectivity index (χ3v) is 9.56. The first kappa shape index (κ1) is 31.9. The summed E-state index contributed by atoms with van der Waals surface area (Å²) < 4.78 is 49.0. The highest BCUT2D eigenvalue weighted by Gasteiger charge is 2.47. The third-order valence-electron chi connectivity index (χ3n) is 9.56. The minimum Gasteiger partial charge on any atom is -0.380 e. The SMILES string of the molecule is Cn1cc(-c2ccc(N(C(=O)NCc3ccccc3)C3CCC(Nc4ncc(C(F)(F)F)c(N5CCC6(COC6)C5)n4)CC3)nc2)cn1. The Hall–Kier alpha value is -4.72. The number of pyridine rings is 1. The van der Waals surface area contributed by atoms with Crippen LogP contribution in [0.15, 0.2) is 67.3 Å². The number of carbonyl (C=O) groups excluding carboxylic acids is 1. The Balaban J connectivity index is 1.05. The Kier molecular flexibility index (Phi) is 8.67. The lowest BCUT2D eigenvalue weighted by Crippen LogP contribution is -2.49. The predicted molar refractivity (Wildman–Crippen MR) is 174 cm³/mol. The number of amides is 2. The molecule has 11 nitrogen and oxygen atoms in total. The minimum absolute atomic E-state index is 0.0639. The first-order chi connectivity index (χ1) is 23.2. The summed E-state index contributed by atoms with van der Waals surface area (Å²) in [6, 6.07) is 13.1. The van der Waals surface area contributed by atoms with Crippen LogP contribution in [0.25, 0.3) is 11.1 Å². The summed E-state index contributed by atoms with van der Waals surface area (Å²) in [5.41, 5.74) is 1.89. The fourth-order valence-corrected chi connectivity index (χ4v) is 6.87. The van der Waals surface area contributed by atoms with Crippen molar-refractivity contribution in [2.75, 3.05) is 41.4 Å². The average Bonchev–Trinajstić information content (AvgIpc) is 3.73. The molecule has 0 unspecified atom stereocenters. The largest absolute Gasteiger partial charge is 0.421 e. The molecule has 2 N–H and O–H groups in total. The number of aromatic nitrogens is 5. The molecule has 48 heavy (non-hydrogen) atoms. The van der Waals surface area contributed by atoms with Gasteiger partial charge in [-0.05, 0) is 49.8 Å². The van der Waals surface area contributed by atoms with Crippen LogP contribution < -0.4 is 20.4 Å². The second kappa shape index (κ2) is 13.1. The van der Waals surface area contributed by atoms with E-state index < -0.39 is 11.7 Å². The molecule has 2 aliphatic heterocycles. The van der Waals surface area contributed by atoms with Gasteiger partial charge in [-0.2, -0.15) is 23.3 Å². The Labute approximate surface area is 276 Å². The first-order valence-corrected chi connectivity index (χ1v) is 16.3. The molecular formula is C34H38F3N9O2. The van der Waals surface area contributed by atoms with E-state index in [0.29, 0.717) is 64.3 Å². The number of urea groups is 1. The summed E-state index contributed by atoms with van der Waals surface area (Å²) in [5, 5.41) is 10.6. The molecule has 5 heterocycles. The van der Waals surface area contributed by atoms with Gasteiger partial charge in [0.05, 0.1) is 19.4 Å². The molecule has 2 amide bonds. The van der Waals surface area contributed by atoms with Gasteiger partial charge in [-0.1, -0.05) is 30.3 Å². The first-order valence-electron chi connectivity index (χ1n) is 16.3. The number of hydrogen-bond donors (Lipinski definition) is 2. The van der Waals surface area contributed by atoms with Gasteiger partial charge >= 0.3 is 12.2 Å². The van der Waals surface area contributed by atoms with Gasteiger partial charge in [0, 0.05) is 73.9 Å². The predicted octanol–water partition coefficient (Wildman–Crippen LogP) is 5.66. The van der Waals surface area contributed by atoms with Crippen LogP contribution in [0.5, 0.6) is 0 Å². The van der Waals surface area contributed by atoms with Crippen LogP contribution in [-0.4, -0.2) is 69.2 Å². The van der Waals surface area contributed by atoms with E-state index in [0.717, 1.165) is 29.3 Å². The molecule has 1 saturated carbocycles. The maximum absolute atomic E-state index is 14.0. The maximum atomic E-state index is 14.0. The molecule has 1 aliphatic carbocycles. The molecular weight excluding hydrogens is 623 g/mol. The molecule has 3 aliphatic rings. The second-order valence-electron chi connectivity index (χ2n) is 13.1. The van der Waals surface area contributed by atoms with Gasteiger partial charge in [0.1, 0.15) is 17.2 Å². The number of aryl methyl sites for hydroxylation is 1. The highest BCUT2D eigenvalue weighted by atomic mass is 19.4. The summed E-state index contributed by atoms with van der Waals surface area (Å²) in [6.07, 6.45) is 5.18. The summed E-state index contributed by atoms with van der Waals surface area (Å²) in [6.45, 7) is 2.48. The van der Waals surface area contributed by atoms with Crippen LogP contribution in [0, 0.1) is 5.41 Å². The minimum atomic E-state index is -4.56. The van der Waals surface area contributed by atoms with Crippen molar-refractivity contribution in [3.05, 3.63) is 78.4 Å². The number of alkyl halides is 3. The van der Waals surface area contributed by atoms with Crippen LogP contribution >= 0.6 is 0 Å². The number of anilines is 3. The monoisotopic (exact) mass is 661 g/mol. The molecule has 14 heteroatoms. The van der Waals surface area contributed by atoms with Gasteiger partial charge in [-0.3, -0.25) is 9.58 Å². The average molecular weight is 662 g/mol. The molecule has 1 aromatic carbocycles. The van der Waals surface area contributed by atoms with Crippen molar-refractivity contribution in [1.29, 1.82) is 0 Å². The van der Waals surface area contributed by atoms with Crippen molar-refractivity contribution in [2.45, 2.75) is 56.9 Å². The number of benzene rings is 1. The van der Waals surface area contributed by atoms with Crippen LogP contribution in [-0.2, 0) is 24.5 Å². The molecule has 0 atom stereocenters. The standard InChI is InChI=1S/C34H38F3N9O2/c1-44-19-25(17-41-44)24-7-12-29(38-16-24)46(32(47)40-15-23-5-3-2-4-6-23)27-10-8-26(9-11-27)42-31-39-18-28(34(35,36)37)30(43-31)45-14-13-33(20-45)21-48-22-33/h2-7,12,16-19,26-27H,8-11,13-15,20-22H2,1H3,(H,40,47)(H,39,42,43). The zero-order valence-corrected chi connectivity index (χ0v) is 26.7. The number of nitrogens with one attached hydrogen (secondary N) is 2. The van der Waals surface area contributed by atoms with Crippen LogP contribution in [0.2, 0.25) is 0 Å². The van der Waals surface area contributed by atoms with E-state index >= 15 is 0 Å². The number of rotatable bonds is 8. The van der Waals surface area contributed by atoms with Crippen molar-refractivity contribution >= 4 is 23.6 Å². The highest BCUT2D eigenvalue weighted by molar-refractivity contribution is 5.91. The van der Waals surface area contributed by atoms with E-state index in [2.05, 4.69) is 30.7 Å². The van der Waals surface area contributed by atoms with E-state index in [1.165, 1.54) is 0 Å². The maximum Gasteiger partial charge on any atom is 0.421 e. The summed E-state index contributed by atoms with van der Waals surface area (Å²) >= 11 is 0. The lowest BCUT2D eigenvalue weighted by Gasteiger charge is -2.38. The number of halogens is 3. The molecule has 252 valence electrons. The second-order valence-corrected chi connectivity index (χ2v) is 13.1. The molecule has 3 fully saturated rings. The van der Waals surface area contributed by atoms with Crippen LogP contribution in [0.4, 0.5) is 35.5 Å². The number of ether oxygens (including phenoxy) is 1. The quantitative estimate of drug-likeness (QED) is 0.249. The van der Waals surface area contributed by atoms with Crippen molar-refractivity contribution in [1.82, 2.24) is 30.0 Å². The van der Waals surface area contributed by atoms with Gasteiger partial charge in [0.15, 0.2) is 0 Å². The van der Waals surface area contributed by atoms with Gasteiger partial charge in [-0.25, -0.2) is 14.8 Å². The molecule has 0 bridgehead atoms. The molecule has 3 aromatic heterocycles.